The van der Waals surface area contributed by atoms with Crippen molar-refractivity contribution in [3.63, 3.8) is 0 Å². The molecule has 3 aromatic rings. The van der Waals surface area contributed by atoms with Crippen molar-refractivity contribution in [3.8, 4) is 11.1 Å². The maximum Gasteiger partial charge on any atom is 0.412 e. The minimum absolute atomic E-state index is 0.0564. The quantitative estimate of drug-likeness (QED) is 0.485. The van der Waals surface area contributed by atoms with Crippen LogP contribution in [0.25, 0.3) is 11.1 Å². The highest BCUT2D eigenvalue weighted by molar-refractivity contribution is 5.94. The number of carbonyl (C=O) groups is 3. The van der Waals surface area contributed by atoms with Gasteiger partial charge in [-0.1, -0.05) is 54.6 Å². The molecule has 2 unspecified atom stereocenters. The first kappa shape index (κ1) is 23.0. The average Bonchev–Trinajstić information content (AvgIpc) is 3.16. The fourth-order valence-corrected chi connectivity index (χ4v) is 3.99. The Morgan fingerprint density at radius 1 is 0.941 bits per heavy atom. The molecule has 2 aromatic carbocycles. The van der Waals surface area contributed by atoms with E-state index in [0.717, 1.165) is 22.3 Å². The van der Waals surface area contributed by atoms with Gasteiger partial charge in [-0.2, -0.15) is 0 Å². The first-order valence-corrected chi connectivity index (χ1v) is 11.0. The van der Waals surface area contributed by atoms with Crippen molar-refractivity contribution < 1.29 is 24.2 Å². The normalized spacial score (nSPS) is 13.8. The molecule has 0 aliphatic heterocycles. The molecule has 0 saturated heterocycles. The number of benzene rings is 2. The average molecular weight is 460 g/mol. The number of carbonyl (C=O) groups excluding carboxylic acids is 2. The number of pyridine rings is 1. The van der Waals surface area contributed by atoms with Crippen LogP contribution in [0.1, 0.15) is 41.4 Å². The molecule has 8 heteroatoms. The van der Waals surface area contributed by atoms with E-state index in [2.05, 4.69) is 27.8 Å². The van der Waals surface area contributed by atoms with Gasteiger partial charge in [0.2, 0.25) is 0 Å². The summed E-state index contributed by atoms with van der Waals surface area (Å²) in [5, 5.41) is 14.3. The van der Waals surface area contributed by atoms with E-state index >= 15 is 0 Å². The van der Waals surface area contributed by atoms with Crippen molar-refractivity contribution >= 4 is 23.8 Å². The molecule has 174 valence electrons. The molecule has 0 fully saturated rings. The van der Waals surface area contributed by atoms with E-state index in [4.69, 9.17) is 9.84 Å². The number of nitrogens with zero attached hydrogens (tertiary/aromatic N) is 1. The van der Waals surface area contributed by atoms with Crippen molar-refractivity contribution in [2.24, 2.45) is 5.92 Å². The van der Waals surface area contributed by atoms with E-state index in [1.165, 1.54) is 13.0 Å². The third-order valence-electron chi connectivity index (χ3n) is 6.05. The molecule has 3 N–H and O–H groups in total. The first-order chi connectivity index (χ1) is 16.3. The Labute approximate surface area is 197 Å². The second-order valence-electron chi connectivity index (χ2n) is 8.25. The zero-order valence-electron chi connectivity index (χ0n) is 18.8. The van der Waals surface area contributed by atoms with Crippen LogP contribution < -0.4 is 10.6 Å². The fourth-order valence-electron chi connectivity index (χ4n) is 3.99. The molecule has 4 rings (SSSR count). The number of hydrogen-bond donors (Lipinski definition) is 3. The molecule has 0 spiro atoms. The summed E-state index contributed by atoms with van der Waals surface area (Å²) in [7, 11) is 0. The van der Waals surface area contributed by atoms with E-state index in [9.17, 15) is 14.4 Å². The zero-order valence-corrected chi connectivity index (χ0v) is 18.8. The second-order valence-corrected chi connectivity index (χ2v) is 8.25. The highest BCUT2D eigenvalue weighted by Gasteiger charge is 2.29. The molecule has 1 aromatic heterocycles. The Hall–Kier alpha value is -4.20. The number of aromatic nitrogens is 1. The summed E-state index contributed by atoms with van der Waals surface area (Å²) in [4.78, 5) is 40.2. The lowest BCUT2D eigenvalue weighted by molar-refractivity contribution is -0.141. The van der Waals surface area contributed by atoms with Crippen LogP contribution in [0.4, 0.5) is 10.6 Å². The molecule has 34 heavy (non-hydrogen) atoms. The van der Waals surface area contributed by atoms with Gasteiger partial charge in [0.05, 0.1) is 5.92 Å². The topological polar surface area (TPSA) is 118 Å². The van der Waals surface area contributed by atoms with Crippen LogP contribution in [0.15, 0.2) is 66.7 Å². The van der Waals surface area contributed by atoms with E-state index in [1.807, 2.05) is 36.4 Å². The molecule has 0 bridgehead atoms. The largest absolute Gasteiger partial charge is 0.481 e. The Morgan fingerprint density at radius 3 is 2.18 bits per heavy atom. The van der Waals surface area contributed by atoms with Crippen molar-refractivity contribution in [1.82, 2.24) is 10.3 Å². The van der Waals surface area contributed by atoms with Crippen molar-refractivity contribution in [2.45, 2.75) is 25.8 Å². The number of anilines is 1. The molecule has 8 nitrogen and oxygen atoms in total. The molecule has 1 aliphatic rings. The molecule has 2 amide bonds. The fraction of sp³-hybridized carbons (Fsp3) is 0.231. The molecular weight excluding hydrogens is 434 g/mol. The smallest absolute Gasteiger partial charge is 0.412 e. The van der Waals surface area contributed by atoms with Gasteiger partial charge in [0, 0.05) is 12.0 Å². The third-order valence-corrected chi connectivity index (χ3v) is 6.05. The van der Waals surface area contributed by atoms with Crippen LogP contribution in [-0.2, 0) is 9.53 Å². The number of fused-ring (bicyclic) bond motifs is 3. The molecule has 0 radical (unpaired) electrons. The summed E-state index contributed by atoms with van der Waals surface area (Å²) in [6.45, 7) is 3.27. The van der Waals surface area contributed by atoms with Gasteiger partial charge >= 0.3 is 12.1 Å². The van der Waals surface area contributed by atoms with E-state index in [1.54, 1.807) is 19.1 Å². The van der Waals surface area contributed by atoms with Gasteiger partial charge < -0.3 is 15.2 Å². The van der Waals surface area contributed by atoms with E-state index < -0.39 is 29.9 Å². The van der Waals surface area contributed by atoms with Gasteiger partial charge in [0.15, 0.2) is 0 Å². The Balaban J connectivity index is 1.39. The first-order valence-electron chi connectivity index (χ1n) is 11.0. The minimum atomic E-state index is -1.01. The van der Waals surface area contributed by atoms with Crippen LogP contribution in [0.5, 0.6) is 0 Å². The lowest BCUT2D eigenvalue weighted by Crippen LogP contribution is -2.40. The van der Waals surface area contributed by atoms with Gasteiger partial charge in [-0.05, 0) is 48.2 Å². The number of nitrogens with one attached hydrogen (secondary N) is 2. The monoisotopic (exact) mass is 459 g/mol. The summed E-state index contributed by atoms with van der Waals surface area (Å²) in [5.41, 5.74) is 4.55. The zero-order chi connectivity index (χ0) is 24.2. The van der Waals surface area contributed by atoms with Crippen LogP contribution in [0.3, 0.4) is 0 Å². The van der Waals surface area contributed by atoms with Crippen LogP contribution in [-0.4, -0.2) is 40.7 Å². The summed E-state index contributed by atoms with van der Waals surface area (Å²) in [5.74, 6) is -2.21. The lowest BCUT2D eigenvalue weighted by Gasteiger charge is -2.17. The number of ether oxygens (including phenoxy) is 1. The van der Waals surface area contributed by atoms with Gasteiger partial charge in [0.1, 0.15) is 18.1 Å². The Bertz CT molecular complexity index is 1200. The molecular formula is C26H25N3O5. The molecule has 1 aliphatic carbocycles. The van der Waals surface area contributed by atoms with Crippen LogP contribution in [0.2, 0.25) is 0 Å². The van der Waals surface area contributed by atoms with Gasteiger partial charge in [-0.15, -0.1) is 0 Å². The SMILES string of the molecule is CC(NC(=O)c1cccc(NC(=O)OCC2c3ccccc3-c3ccccc32)n1)C(C)C(=O)O. The standard InChI is InChI=1S/C26H25N3O5/c1-15(25(31)32)16(2)27-24(30)22-12-7-13-23(28-22)29-26(33)34-14-21-19-10-5-3-8-17(19)18-9-4-6-11-20(18)21/h3-13,15-16,21H,14H2,1-2H3,(H,27,30)(H,31,32)(H,28,29,33). The Morgan fingerprint density at radius 2 is 1.56 bits per heavy atom. The second kappa shape index (κ2) is 9.74. The minimum Gasteiger partial charge on any atom is -0.481 e. The number of carboxylic acids is 1. The van der Waals surface area contributed by atoms with Crippen molar-refractivity contribution in [1.29, 1.82) is 0 Å². The van der Waals surface area contributed by atoms with Crippen molar-refractivity contribution in [3.05, 3.63) is 83.6 Å². The molecule has 0 saturated carbocycles. The lowest BCUT2D eigenvalue weighted by atomic mass is 9.98. The van der Waals surface area contributed by atoms with E-state index in [0.29, 0.717) is 0 Å². The summed E-state index contributed by atoms with van der Waals surface area (Å²) < 4.78 is 5.51. The number of aliphatic carboxylic acids is 1. The highest BCUT2D eigenvalue weighted by atomic mass is 16.5. The molecule has 2 atom stereocenters. The number of hydrogen-bond acceptors (Lipinski definition) is 5. The number of rotatable bonds is 7. The summed E-state index contributed by atoms with van der Waals surface area (Å²) in [6, 6.07) is 20.1. The van der Waals surface area contributed by atoms with Gasteiger partial charge in [-0.3, -0.25) is 14.9 Å². The number of carboxylic acid groups (broad SMARTS) is 1. The van der Waals surface area contributed by atoms with Gasteiger partial charge in [0.25, 0.3) is 5.91 Å². The third kappa shape index (κ3) is 4.76. The summed E-state index contributed by atoms with van der Waals surface area (Å²) >= 11 is 0. The number of amides is 2. The predicted molar refractivity (Wildman–Crippen MR) is 127 cm³/mol. The van der Waals surface area contributed by atoms with Crippen LogP contribution in [0, 0.1) is 5.92 Å². The Kier molecular flexibility index (Phi) is 6.58. The summed E-state index contributed by atoms with van der Waals surface area (Å²) in [6.07, 6.45) is -0.681. The van der Waals surface area contributed by atoms with Crippen molar-refractivity contribution in [2.75, 3.05) is 11.9 Å². The van der Waals surface area contributed by atoms with E-state index in [-0.39, 0.29) is 24.0 Å². The van der Waals surface area contributed by atoms with Crippen LogP contribution >= 0.6 is 0 Å². The predicted octanol–water partition coefficient (Wildman–Crippen LogP) is 4.28. The maximum absolute atomic E-state index is 12.5. The maximum atomic E-state index is 12.5. The highest BCUT2D eigenvalue weighted by Crippen LogP contribution is 2.44. The molecule has 1 heterocycles. The van der Waals surface area contributed by atoms with Gasteiger partial charge in [-0.25, -0.2) is 9.78 Å².